The van der Waals surface area contributed by atoms with Gasteiger partial charge in [-0.1, -0.05) is 13.0 Å². The van der Waals surface area contributed by atoms with Crippen LogP contribution < -0.4 is 5.32 Å². The van der Waals surface area contributed by atoms with Crippen LogP contribution in [-0.2, 0) is 0 Å². The van der Waals surface area contributed by atoms with E-state index < -0.39 is 17.5 Å². The van der Waals surface area contributed by atoms with Gasteiger partial charge in [0.2, 0.25) is 0 Å². The third kappa shape index (κ3) is 3.64. The number of halogens is 3. The lowest BCUT2D eigenvalue weighted by atomic mass is 9.95. The first-order valence-corrected chi connectivity index (χ1v) is 7.01. The van der Waals surface area contributed by atoms with Crippen LogP contribution in [0.1, 0.15) is 31.9 Å². The van der Waals surface area contributed by atoms with E-state index in [0.717, 1.165) is 36.7 Å². The third-order valence-electron chi connectivity index (χ3n) is 3.40. The molecule has 0 saturated heterocycles. The highest BCUT2D eigenvalue weighted by atomic mass is 19.1. The molecule has 0 heterocycles. The number of hydrogen-bond donors (Lipinski definition) is 1. The summed E-state index contributed by atoms with van der Waals surface area (Å²) in [4.78, 5) is 0. The largest absolute Gasteiger partial charge is 0.310 e. The second-order valence-electron chi connectivity index (χ2n) is 5.03. The zero-order valence-electron chi connectivity index (χ0n) is 12.1. The van der Waals surface area contributed by atoms with E-state index >= 15 is 0 Å². The summed E-state index contributed by atoms with van der Waals surface area (Å²) >= 11 is 0. The van der Waals surface area contributed by atoms with Crippen molar-refractivity contribution >= 4 is 0 Å². The SMILES string of the molecule is CCCNC(C)c1ccc(F)cc1-c1cc(F)ccc1F. The van der Waals surface area contributed by atoms with Gasteiger partial charge in [0.25, 0.3) is 0 Å². The Labute approximate surface area is 122 Å². The average molecular weight is 293 g/mol. The number of hydrogen-bond acceptors (Lipinski definition) is 1. The number of benzene rings is 2. The molecule has 0 spiro atoms. The average Bonchev–Trinajstić information content (AvgIpc) is 2.47. The lowest BCUT2D eigenvalue weighted by Gasteiger charge is -2.18. The van der Waals surface area contributed by atoms with Crippen LogP contribution in [0.4, 0.5) is 13.2 Å². The van der Waals surface area contributed by atoms with Crippen LogP contribution in [0.3, 0.4) is 0 Å². The smallest absolute Gasteiger partial charge is 0.131 e. The molecular weight excluding hydrogens is 275 g/mol. The van der Waals surface area contributed by atoms with E-state index in [9.17, 15) is 13.2 Å². The molecule has 0 radical (unpaired) electrons. The van der Waals surface area contributed by atoms with E-state index in [1.165, 1.54) is 12.1 Å². The Balaban J connectivity index is 2.51. The van der Waals surface area contributed by atoms with E-state index in [1.54, 1.807) is 6.07 Å². The van der Waals surface area contributed by atoms with Crippen molar-refractivity contribution in [1.82, 2.24) is 5.32 Å². The van der Waals surface area contributed by atoms with Gasteiger partial charge in [-0.2, -0.15) is 0 Å². The van der Waals surface area contributed by atoms with Crippen molar-refractivity contribution in [2.75, 3.05) is 6.54 Å². The van der Waals surface area contributed by atoms with Gasteiger partial charge in [-0.25, -0.2) is 13.2 Å². The second-order valence-corrected chi connectivity index (χ2v) is 5.03. The van der Waals surface area contributed by atoms with Gasteiger partial charge in [0.1, 0.15) is 17.5 Å². The van der Waals surface area contributed by atoms with Crippen LogP contribution in [0.5, 0.6) is 0 Å². The monoisotopic (exact) mass is 293 g/mol. The molecule has 0 amide bonds. The standard InChI is InChI=1S/C17H18F3N/c1-3-8-21-11(2)14-6-4-12(18)9-15(14)16-10-13(19)5-7-17(16)20/h4-7,9-11,21H,3,8H2,1-2H3. The molecule has 2 rings (SSSR count). The van der Waals surface area contributed by atoms with Gasteiger partial charge in [0.05, 0.1) is 0 Å². The first-order chi connectivity index (χ1) is 10.0. The van der Waals surface area contributed by atoms with Crippen molar-refractivity contribution in [3.63, 3.8) is 0 Å². The van der Waals surface area contributed by atoms with Crippen molar-refractivity contribution < 1.29 is 13.2 Å². The summed E-state index contributed by atoms with van der Waals surface area (Å²) in [5.74, 6) is -1.58. The molecule has 2 aromatic rings. The molecule has 21 heavy (non-hydrogen) atoms. The van der Waals surface area contributed by atoms with Crippen molar-refractivity contribution in [2.24, 2.45) is 0 Å². The van der Waals surface area contributed by atoms with Crippen LogP contribution in [0.2, 0.25) is 0 Å². The minimum atomic E-state index is -0.564. The zero-order valence-corrected chi connectivity index (χ0v) is 12.1. The summed E-state index contributed by atoms with van der Waals surface area (Å²) in [6.07, 6.45) is 0.954. The summed E-state index contributed by atoms with van der Waals surface area (Å²) < 4.78 is 40.9. The summed E-state index contributed by atoms with van der Waals surface area (Å²) in [6.45, 7) is 4.75. The summed E-state index contributed by atoms with van der Waals surface area (Å²) in [6, 6.07) is 7.32. The van der Waals surface area contributed by atoms with Gasteiger partial charge in [-0.3, -0.25) is 0 Å². The third-order valence-corrected chi connectivity index (χ3v) is 3.40. The Morgan fingerprint density at radius 2 is 1.57 bits per heavy atom. The molecule has 0 bridgehead atoms. The molecule has 0 saturated carbocycles. The highest BCUT2D eigenvalue weighted by Crippen LogP contribution is 2.31. The van der Waals surface area contributed by atoms with Gasteiger partial charge in [0, 0.05) is 11.6 Å². The Bertz CT molecular complexity index is 625. The molecule has 0 aliphatic carbocycles. The highest BCUT2D eigenvalue weighted by molar-refractivity contribution is 5.68. The van der Waals surface area contributed by atoms with Crippen LogP contribution in [0, 0.1) is 17.5 Å². The minimum absolute atomic E-state index is 0.0784. The second kappa shape index (κ2) is 6.76. The van der Waals surface area contributed by atoms with Crippen molar-refractivity contribution in [3.05, 3.63) is 59.4 Å². The fourth-order valence-corrected chi connectivity index (χ4v) is 2.31. The van der Waals surface area contributed by atoms with Crippen LogP contribution in [0.25, 0.3) is 11.1 Å². The lowest BCUT2D eigenvalue weighted by molar-refractivity contribution is 0.567. The Morgan fingerprint density at radius 1 is 0.952 bits per heavy atom. The molecule has 0 aliphatic heterocycles. The number of nitrogens with one attached hydrogen (secondary N) is 1. The summed E-state index contributed by atoms with van der Waals surface area (Å²) in [5.41, 5.74) is 1.20. The van der Waals surface area contributed by atoms with E-state index in [1.807, 2.05) is 13.8 Å². The molecule has 4 heteroatoms. The van der Waals surface area contributed by atoms with Crippen molar-refractivity contribution in [1.29, 1.82) is 0 Å². The minimum Gasteiger partial charge on any atom is -0.310 e. The highest BCUT2D eigenvalue weighted by Gasteiger charge is 2.16. The predicted octanol–water partition coefficient (Wildman–Crippen LogP) is 4.83. The normalized spacial score (nSPS) is 12.4. The van der Waals surface area contributed by atoms with Gasteiger partial charge in [-0.05, 0) is 61.3 Å². The Morgan fingerprint density at radius 3 is 2.24 bits per heavy atom. The van der Waals surface area contributed by atoms with E-state index in [-0.39, 0.29) is 11.6 Å². The molecule has 1 atom stereocenters. The molecular formula is C17H18F3N. The molecule has 0 aromatic heterocycles. The van der Waals surface area contributed by atoms with Gasteiger partial charge in [0.15, 0.2) is 0 Å². The number of rotatable bonds is 5. The topological polar surface area (TPSA) is 12.0 Å². The fraction of sp³-hybridized carbons (Fsp3) is 0.294. The fourth-order valence-electron chi connectivity index (χ4n) is 2.31. The Hall–Kier alpha value is -1.81. The van der Waals surface area contributed by atoms with E-state index in [2.05, 4.69) is 5.32 Å². The molecule has 1 N–H and O–H groups in total. The molecule has 0 fully saturated rings. The maximum absolute atomic E-state index is 14.0. The lowest BCUT2D eigenvalue weighted by Crippen LogP contribution is -2.20. The predicted molar refractivity (Wildman–Crippen MR) is 78.5 cm³/mol. The first kappa shape index (κ1) is 15.6. The quantitative estimate of drug-likeness (QED) is 0.832. The summed E-state index contributed by atoms with van der Waals surface area (Å²) in [5, 5.41) is 3.27. The summed E-state index contributed by atoms with van der Waals surface area (Å²) in [7, 11) is 0. The van der Waals surface area contributed by atoms with Gasteiger partial charge >= 0.3 is 0 Å². The molecule has 112 valence electrons. The first-order valence-electron chi connectivity index (χ1n) is 7.01. The Kier molecular flexibility index (Phi) is 5.02. The van der Waals surface area contributed by atoms with Crippen molar-refractivity contribution in [2.45, 2.75) is 26.3 Å². The zero-order chi connectivity index (χ0) is 15.4. The molecule has 1 nitrogen and oxygen atoms in total. The van der Waals surface area contributed by atoms with E-state index in [0.29, 0.717) is 5.56 Å². The maximum Gasteiger partial charge on any atom is 0.131 e. The molecule has 1 unspecified atom stereocenters. The molecule has 2 aromatic carbocycles. The van der Waals surface area contributed by atoms with Crippen molar-refractivity contribution in [3.8, 4) is 11.1 Å². The van der Waals surface area contributed by atoms with Gasteiger partial charge < -0.3 is 5.32 Å². The van der Waals surface area contributed by atoms with Gasteiger partial charge in [-0.15, -0.1) is 0 Å². The van der Waals surface area contributed by atoms with E-state index in [4.69, 9.17) is 0 Å². The van der Waals surface area contributed by atoms with Crippen LogP contribution in [0.15, 0.2) is 36.4 Å². The van der Waals surface area contributed by atoms with Crippen LogP contribution in [-0.4, -0.2) is 6.54 Å². The van der Waals surface area contributed by atoms with Crippen LogP contribution >= 0.6 is 0 Å². The molecule has 0 aliphatic rings. The maximum atomic E-state index is 14.0.